The lowest BCUT2D eigenvalue weighted by atomic mass is 10.1. The number of pyridine rings is 1. The zero-order valence-electron chi connectivity index (χ0n) is 7.30. The summed E-state index contributed by atoms with van der Waals surface area (Å²) in [6.07, 6.45) is -3.01. The minimum Gasteiger partial charge on any atom is -0.364 e. The Hall–Kier alpha value is -1.72. The fraction of sp³-hybridized carbons (Fsp3) is 0.250. The van der Waals surface area contributed by atoms with Crippen LogP contribution < -0.4 is 11.2 Å². The first-order valence-electron chi connectivity index (χ1n) is 3.75. The maximum atomic E-state index is 12.4. The van der Waals surface area contributed by atoms with Gasteiger partial charge in [0.2, 0.25) is 0 Å². The highest BCUT2D eigenvalue weighted by Gasteiger charge is 2.21. The van der Waals surface area contributed by atoms with Crippen molar-refractivity contribution in [2.24, 2.45) is 5.73 Å². The summed E-state index contributed by atoms with van der Waals surface area (Å²) < 4.78 is 24.7. The number of halogens is 2. The van der Waals surface area contributed by atoms with E-state index in [-0.39, 0.29) is 0 Å². The Balaban J connectivity index is 3.53. The third-order valence-corrected chi connectivity index (χ3v) is 1.67. The molecule has 4 nitrogen and oxygen atoms in total. The standard InChI is InChI=1S/C8H8F2N2O2/c1-3-2-4(13)5(7(9)10)6(12-3)8(11)14/h2,7H,1H3,(H2,11,14)(H,12,13). The van der Waals surface area contributed by atoms with Gasteiger partial charge in [0, 0.05) is 11.8 Å². The summed E-state index contributed by atoms with van der Waals surface area (Å²) in [5.74, 6) is -1.07. The molecule has 0 aliphatic carbocycles. The molecule has 1 aromatic rings. The molecule has 6 heteroatoms. The van der Waals surface area contributed by atoms with Gasteiger partial charge in [-0.15, -0.1) is 0 Å². The van der Waals surface area contributed by atoms with Gasteiger partial charge in [-0.1, -0.05) is 0 Å². The smallest absolute Gasteiger partial charge is 0.269 e. The Morgan fingerprint density at radius 2 is 2.14 bits per heavy atom. The Kier molecular flexibility index (Phi) is 2.64. The van der Waals surface area contributed by atoms with Crippen LogP contribution in [0.25, 0.3) is 0 Å². The summed E-state index contributed by atoms with van der Waals surface area (Å²) in [5.41, 5.74) is 2.88. The molecule has 0 unspecified atom stereocenters. The molecule has 0 aromatic carbocycles. The zero-order valence-corrected chi connectivity index (χ0v) is 7.30. The Morgan fingerprint density at radius 1 is 1.57 bits per heavy atom. The number of nitrogens with one attached hydrogen (secondary N) is 1. The van der Waals surface area contributed by atoms with Crippen LogP contribution >= 0.6 is 0 Å². The molecule has 0 radical (unpaired) electrons. The second-order valence-electron chi connectivity index (χ2n) is 2.77. The highest BCUT2D eigenvalue weighted by Crippen LogP contribution is 2.17. The van der Waals surface area contributed by atoms with E-state index in [9.17, 15) is 18.4 Å². The first-order chi connectivity index (χ1) is 6.43. The molecule has 0 atom stereocenters. The van der Waals surface area contributed by atoms with E-state index < -0.39 is 29.0 Å². The molecule has 0 spiro atoms. The normalized spacial score (nSPS) is 10.6. The van der Waals surface area contributed by atoms with E-state index in [1.807, 2.05) is 0 Å². The molecular formula is C8H8F2N2O2. The van der Waals surface area contributed by atoms with Gasteiger partial charge in [0.15, 0.2) is 5.43 Å². The van der Waals surface area contributed by atoms with Crippen LogP contribution in [-0.2, 0) is 0 Å². The summed E-state index contributed by atoms with van der Waals surface area (Å²) in [7, 11) is 0. The number of nitrogens with two attached hydrogens (primary N) is 1. The van der Waals surface area contributed by atoms with Crippen molar-refractivity contribution in [3.63, 3.8) is 0 Å². The summed E-state index contributed by atoms with van der Waals surface area (Å²) in [6.45, 7) is 1.48. The molecule has 14 heavy (non-hydrogen) atoms. The zero-order chi connectivity index (χ0) is 10.9. The van der Waals surface area contributed by atoms with Crippen molar-refractivity contribution < 1.29 is 13.6 Å². The van der Waals surface area contributed by atoms with Gasteiger partial charge in [-0.2, -0.15) is 0 Å². The average molecular weight is 202 g/mol. The van der Waals surface area contributed by atoms with E-state index in [1.54, 1.807) is 0 Å². The average Bonchev–Trinajstić information content (AvgIpc) is 2.01. The fourth-order valence-corrected chi connectivity index (χ4v) is 1.11. The number of H-pyrrole nitrogens is 1. The minimum absolute atomic E-state index is 0.313. The van der Waals surface area contributed by atoms with E-state index >= 15 is 0 Å². The lowest BCUT2D eigenvalue weighted by molar-refractivity contribution is 0.0979. The van der Waals surface area contributed by atoms with Gasteiger partial charge < -0.3 is 10.7 Å². The van der Waals surface area contributed by atoms with Gasteiger partial charge in [0.1, 0.15) is 5.69 Å². The van der Waals surface area contributed by atoms with Crippen molar-refractivity contribution in [2.45, 2.75) is 13.3 Å². The molecule has 0 aliphatic heterocycles. The highest BCUT2D eigenvalue weighted by molar-refractivity contribution is 5.92. The van der Waals surface area contributed by atoms with Gasteiger partial charge in [-0.3, -0.25) is 9.59 Å². The second kappa shape index (κ2) is 3.57. The van der Waals surface area contributed by atoms with E-state index in [0.29, 0.717) is 5.69 Å². The molecule has 76 valence electrons. The number of primary amides is 1. The largest absolute Gasteiger partial charge is 0.364 e. The van der Waals surface area contributed by atoms with Crippen molar-refractivity contribution in [3.8, 4) is 0 Å². The van der Waals surface area contributed by atoms with Crippen LogP contribution in [0.1, 0.15) is 28.2 Å². The quantitative estimate of drug-likeness (QED) is 0.741. The lowest BCUT2D eigenvalue weighted by Gasteiger charge is -2.05. The van der Waals surface area contributed by atoms with Gasteiger partial charge >= 0.3 is 0 Å². The predicted octanol–water partition coefficient (Wildman–Crippen LogP) is 0.720. The molecule has 3 N–H and O–H groups in total. The molecule has 1 aromatic heterocycles. The third-order valence-electron chi connectivity index (χ3n) is 1.67. The molecule has 0 bridgehead atoms. The molecule has 0 saturated carbocycles. The monoisotopic (exact) mass is 202 g/mol. The number of rotatable bonds is 2. The minimum atomic E-state index is -3.01. The van der Waals surface area contributed by atoms with Crippen LogP contribution in [0.4, 0.5) is 8.78 Å². The van der Waals surface area contributed by atoms with Crippen molar-refractivity contribution in [2.75, 3.05) is 0 Å². The van der Waals surface area contributed by atoms with Crippen LogP contribution in [0.5, 0.6) is 0 Å². The van der Waals surface area contributed by atoms with Crippen LogP contribution in [0.3, 0.4) is 0 Å². The number of amides is 1. The second-order valence-corrected chi connectivity index (χ2v) is 2.77. The third kappa shape index (κ3) is 1.78. The molecule has 0 saturated heterocycles. The Morgan fingerprint density at radius 3 is 2.57 bits per heavy atom. The van der Waals surface area contributed by atoms with Crippen molar-refractivity contribution in [3.05, 3.63) is 33.2 Å². The van der Waals surface area contributed by atoms with E-state index in [2.05, 4.69) is 4.98 Å². The number of aromatic amines is 1. The van der Waals surface area contributed by atoms with Crippen molar-refractivity contribution in [1.29, 1.82) is 0 Å². The van der Waals surface area contributed by atoms with Gasteiger partial charge in [0.05, 0.1) is 5.56 Å². The Bertz CT molecular complexity index is 426. The number of hydrogen-bond donors (Lipinski definition) is 2. The first kappa shape index (κ1) is 10.4. The summed E-state index contributed by atoms with van der Waals surface area (Å²) in [5, 5.41) is 0. The fourth-order valence-electron chi connectivity index (χ4n) is 1.11. The van der Waals surface area contributed by atoms with Gasteiger partial charge in [0.25, 0.3) is 12.3 Å². The van der Waals surface area contributed by atoms with Crippen LogP contribution in [0.2, 0.25) is 0 Å². The first-order valence-corrected chi connectivity index (χ1v) is 3.75. The number of aryl methyl sites for hydroxylation is 1. The maximum Gasteiger partial charge on any atom is 0.269 e. The number of alkyl halides is 2. The summed E-state index contributed by atoms with van der Waals surface area (Å²) >= 11 is 0. The highest BCUT2D eigenvalue weighted by atomic mass is 19.3. The number of hydrogen-bond acceptors (Lipinski definition) is 2. The number of aromatic nitrogens is 1. The van der Waals surface area contributed by atoms with Crippen molar-refractivity contribution >= 4 is 5.91 Å². The van der Waals surface area contributed by atoms with Gasteiger partial charge in [-0.25, -0.2) is 8.78 Å². The SMILES string of the molecule is Cc1cc(=O)c(C(F)F)c(C(N)=O)[nH]1. The van der Waals surface area contributed by atoms with Crippen molar-refractivity contribution in [1.82, 2.24) is 4.98 Å². The number of carbonyl (C=O) groups is 1. The molecule has 0 aliphatic rings. The molecule has 0 fully saturated rings. The maximum absolute atomic E-state index is 12.4. The molecular weight excluding hydrogens is 194 g/mol. The summed E-state index contributed by atoms with van der Waals surface area (Å²) in [4.78, 5) is 24.2. The van der Waals surface area contributed by atoms with E-state index in [1.165, 1.54) is 6.92 Å². The lowest BCUT2D eigenvalue weighted by Crippen LogP contribution is -2.23. The Labute approximate surface area is 77.7 Å². The summed E-state index contributed by atoms with van der Waals surface area (Å²) in [6, 6.07) is 0.994. The van der Waals surface area contributed by atoms with E-state index in [0.717, 1.165) is 6.07 Å². The molecule has 1 amide bonds. The van der Waals surface area contributed by atoms with Crippen LogP contribution in [0, 0.1) is 6.92 Å². The topological polar surface area (TPSA) is 76.0 Å². The molecule has 1 rings (SSSR count). The predicted molar refractivity (Wildman–Crippen MR) is 45.3 cm³/mol. The van der Waals surface area contributed by atoms with Gasteiger partial charge in [-0.05, 0) is 6.92 Å². The van der Waals surface area contributed by atoms with E-state index in [4.69, 9.17) is 5.73 Å². The molecule has 1 heterocycles. The number of carbonyl (C=O) groups excluding carboxylic acids is 1. The van der Waals surface area contributed by atoms with Crippen LogP contribution in [-0.4, -0.2) is 10.9 Å². The van der Waals surface area contributed by atoms with Crippen LogP contribution in [0.15, 0.2) is 10.9 Å².